The molecule has 2 aromatic rings. The molecule has 92 valence electrons. The largest absolute Gasteiger partial charge is 0.399 e. The molecule has 0 bridgehead atoms. The summed E-state index contributed by atoms with van der Waals surface area (Å²) in [5.74, 6) is -1.03. The van der Waals surface area contributed by atoms with Gasteiger partial charge in [-0.3, -0.25) is 9.78 Å². The van der Waals surface area contributed by atoms with Crippen molar-refractivity contribution in [2.45, 2.75) is 0 Å². The summed E-state index contributed by atoms with van der Waals surface area (Å²) in [5.41, 5.74) is 6.18. The number of benzene rings is 1. The van der Waals surface area contributed by atoms with Crippen molar-refractivity contribution in [2.24, 2.45) is 0 Å². The first-order chi connectivity index (χ1) is 8.56. The van der Waals surface area contributed by atoms with Gasteiger partial charge in [-0.1, -0.05) is 15.9 Å². The fraction of sp³-hybridized carbons (Fsp3) is 0. The number of nitrogens with two attached hydrogens (primary N) is 1. The maximum Gasteiger partial charge on any atom is 0.274 e. The third-order valence-electron chi connectivity index (χ3n) is 2.19. The zero-order chi connectivity index (χ0) is 13.1. The van der Waals surface area contributed by atoms with Crippen molar-refractivity contribution < 1.29 is 9.18 Å². The number of rotatable bonds is 2. The number of pyridine rings is 1. The smallest absolute Gasteiger partial charge is 0.274 e. The molecule has 0 saturated carbocycles. The second-order valence-electron chi connectivity index (χ2n) is 3.55. The number of amides is 1. The molecule has 0 fully saturated rings. The Morgan fingerprint density at radius 1 is 1.33 bits per heavy atom. The molecule has 4 nitrogen and oxygen atoms in total. The minimum atomic E-state index is -0.518. The third kappa shape index (κ3) is 2.84. The molecule has 0 aliphatic heterocycles. The second-order valence-corrected chi connectivity index (χ2v) is 4.47. The van der Waals surface area contributed by atoms with Crippen molar-refractivity contribution in [3.63, 3.8) is 0 Å². The molecule has 18 heavy (non-hydrogen) atoms. The lowest BCUT2D eigenvalue weighted by molar-refractivity contribution is 0.102. The minimum Gasteiger partial charge on any atom is -0.399 e. The van der Waals surface area contributed by atoms with E-state index in [0.717, 1.165) is 0 Å². The van der Waals surface area contributed by atoms with Crippen molar-refractivity contribution in [3.05, 3.63) is 52.5 Å². The van der Waals surface area contributed by atoms with E-state index < -0.39 is 11.7 Å². The Morgan fingerprint density at radius 3 is 2.83 bits per heavy atom. The van der Waals surface area contributed by atoms with Gasteiger partial charge in [-0.15, -0.1) is 0 Å². The van der Waals surface area contributed by atoms with Crippen molar-refractivity contribution >= 4 is 33.2 Å². The van der Waals surface area contributed by atoms with Crippen LogP contribution in [0.3, 0.4) is 0 Å². The van der Waals surface area contributed by atoms with Crippen molar-refractivity contribution in [1.82, 2.24) is 4.98 Å². The van der Waals surface area contributed by atoms with E-state index in [1.807, 2.05) is 0 Å². The number of carbonyl (C=O) groups is 1. The molecule has 6 heteroatoms. The summed E-state index contributed by atoms with van der Waals surface area (Å²) in [7, 11) is 0. The fourth-order valence-electron chi connectivity index (χ4n) is 1.35. The molecular formula is C12H9BrFN3O. The lowest BCUT2D eigenvalue weighted by atomic mass is 10.2. The SMILES string of the molecule is Nc1ccnc(C(=O)Nc2cc(Br)ccc2F)c1. The summed E-state index contributed by atoms with van der Waals surface area (Å²) >= 11 is 3.20. The van der Waals surface area contributed by atoms with E-state index in [4.69, 9.17) is 5.73 Å². The molecule has 1 aromatic carbocycles. The van der Waals surface area contributed by atoms with Crippen LogP contribution >= 0.6 is 15.9 Å². The number of aromatic nitrogens is 1. The van der Waals surface area contributed by atoms with Crippen LogP contribution in [0.1, 0.15) is 10.5 Å². The standard InChI is InChI=1S/C12H9BrFN3O/c13-7-1-2-9(14)10(5-7)17-12(18)11-6-8(15)3-4-16-11/h1-6H,(H2,15,16)(H,17,18). The van der Waals surface area contributed by atoms with Gasteiger partial charge in [0.2, 0.25) is 0 Å². The number of nitrogens with one attached hydrogen (secondary N) is 1. The Bertz CT molecular complexity index is 604. The zero-order valence-corrected chi connectivity index (χ0v) is 10.7. The number of hydrogen-bond donors (Lipinski definition) is 2. The first-order valence-electron chi connectivity index (χ1n) is 5.04. The van der Waals surface area contributed by atoms with Gasteiger partial charge in [0.05, 0.1) is 5.69 Å². The first-order valence-corrected chi connectivity index (χ1v) is 5.83. The highest BCUT2D eigenvalue weighted by Crippen LogP contribution is 2.20. The highest BCUT2D eigenvalue weighted by molar-refractivity contribution is 9.10. The lowest BCUT2D eigenvalue weighted by Gasteiger charge is -2.06. The summed E-state index contributed by atoms with van der Waals surface area (Å²) in [5, 5.41) is 2.43. The normalized spacial score (nSPS) is 10.1. The van der Waals surface area contributed by atoms with Gasteiger partial charge in [0.25, 0.3) is 5.91 Å². The Labute approximate surface area is 111 Å². The average molecular weight is 310 g/mol. The Balaban J connectivity index is 2.24. The highest BCUT2D eigenvalue weighted by Gasteiger charge is 2.11. The quantitative estimate of drug-likeness (QED) is 0.896. The fourth-order valence-corrected chi connectivity index (χ4v) is 1.71. The van der Waals surface area contributed by atoms with Crippen molar-refractivity contribution in [1.29, 1.82) is 0 Å². The summed E-state index contributed by atoms with van der Waals surface area (Å²) in [6.07, 6.45) is 1.42. The van der Waals surface area contributed by atoms with Gasteiger partial charge < -0.3 is 11.1 Å². The summed E-state index contributed by atoms with van der Waals surface area (Å²) in [6.45, 7) is 0. The van der Waals surface area contributed by atoms with Gasteiger partial charge in [0.1, 0.15) is 11.5 Å². The maximum atomic E-state index is 13.4. The van der Waals surface area contributed by atoms with E-state index in [9.17, 15) is 9.18 Å². The molecule has 0 aliphatic rings. The number of nitrogen functional groups attached to an aromatic ring is 1. The molecule has 0 saturated heterocycles. The van der Waals surface area contributed by atoms with Gasteiger partial charge >= 0.3 is 0 Å². The predicted molar refractivity (Wildman–Crippen MR) is 70.7 cm³/mol. The molecule has 0 spiro atoms. The van der Waals surface area contributed by atoms with Crippen LogP contribution in [-0.4, -0.2) is 10.9 Å². The van der Waals surface area contributed by atoms with Crippen molar-refractivity contribution in [2.75, 3.05) is 11.1 Å². The number of anilines is 2. The van der Waals surface area contributed by atoms with E-state index in [1.54, 1.807) is 12.1 Å². The number of halogens is 2. The maximum absolute atomic E-state index is 13.4. The van der Waals surface area contributed by atoms with Gasteiger partial charge in [-0.05, 0) is 30.3 Å². The number of nitrogens with zero attached hydrogens (tertiary/aromatic N) is 1. The molecule has 2 rings (SSSR count). The lowest BCUT2D eigenvalue weighted by Crippen LogP contribution is -2.14. The molecule has 0 aliphatic carbocycles. The molecule has 0 unspecified atom stereocenters. The second kappa shape index (κ2) is 5.14. The molecular weight excluding hydrogens is 301 g/mol. The molecule has 0 radical (unpaired) electrons. The molecule has 1 amide bonds. The van der Waals surface area contributed by atoms with Crippen LogP contribution in [-0.2, 0) is 0 Å². The molecule has 1 aromatic heterocycles. The van der Waals surface area contributed by atoms with Crippen LogP contribution in [0, 0.1) is 5.82 Å². The zero-order valence-electron chi connectivity index (χ0n) is 9.15. The van der Waals surface area contributed by atoms with Crippen LogP contribution in [0.5, 0.6) is 0 Å². The van der Waals surface area contributed by atoms with Crippen LogP contribution in [0.25, 0.3) is 0 Å². The van der Waals surface area contributed by atoms with Gasteiger partial charge in [0.15, 0.2) is 0 Å². The minimum absolute atomic E-state index is 0.0820. The monoisotopic (exact) mass is 309 g/mol. The molecule has 1 heterocycles. The Morgan fingerprint density at radius 2 is 2.11 bits per heavy atom. The third-order valence-corrected chi connectivity index (χ3v) is 2.69. The van der Waals surface area contributed by atoms with Gasteiger partial charge in [-0.25, -0.2) is 4.39 Å². The van der Waals surface area contributed by atoms with Gasteiger partial charge in [0, 0.05) is 16.4 Å². The van der Waals surface area contributed by atoms with Crippen LogP contribution in [0.2, 0.25) is 0 Å². The molecule has 0 atom stereocenters. The number of carbonyl (C=O) groups excluding carboxylic acids is 1. The summed E-state index contributed by atoms with van der Waals surface area (Å²) in [6, 6.07) is 7.26. The summed E-state index contributed by atoms with van der Waals surface area (Å²) in [4.78, 5) is 15.7. The van der Waals surface area contributed by atoms with E-state index in [0.29, 0.717) is 10.2 Å². The van der Waals surface area contributed by atoms with E-state index in [1.165, 1.54) is 24.4 Å². The van der Waals surface area contributed by atoms with Gasteiger partial charge in [-0.2, -0.15) is 0 Å². The Hall–Kier alpha value is -1.95. The Kier molecular flexibility index (Phi) is 3.57. The van der Waals surface area contributed by atoms with Crippen LogP contribution in [0.4, 0.5) is 15.8 Å². The van der Waals surface area contributed by atoms with E-state index in [-0.39, 0.29) is 11.4 Å². The first kappa shape index (κ1) is 12.5. The highest BCUT2D eigenvalue weighted by atomic mass is 79.9. The topological polar surface area (TPSA) is 68.0 Å². The van der Waals surface area contributed by atoms with Crippen molar-refractivity contribution in [3.8, 4) is 0 Å². The average Bonchev–Trinajstić information content (AvgIpc) is 2.34. The number of hydrogen-bond acceptors (Lipinski definition) is 3. The predicted octanol–water partition coefficient (Wildman–Crippen LogP) is 2.82. The van der Waals surface area contributed by atoms with E-state index >= 15 is 0 Å². The van der Waals surface area contributed by atoms with Crippen LogP contribution < -0.4 is 11.1 Å². The summed E-state index contributed by atoms with van der Waals surface area (Å²) < 4.78 is 14.1. The van der Waals surface area contributed by atoms with Crippen LogP contribution in [0.15, 0.2) is 41.0 Å². The van der Waals surface area contributed by atoms with E-state index in [2.05, 4.69) is 26.2 Å². The molecule has 3 N–H and O–H groups in total.